The van der Waals surface area contributed by atoms with Crippen LogP contribution in [-0.4, -0.2) is 29.0 Å². The van der Waals surface area contributed by atoms with Crippen LogP contribution >= 0.6 is 11.6 Å². The molecule has 1 aliphatic heterocycles. The molecule has 6 nitrogen and oxygen atoms in total. The summed E-state index contributed by atoms with van der Waals surface area (Å²) in [5, 5.41) is 10.3. The molecule has 1 atom stereocenters. The van der Waals surface area contributed by atoms with E-state index in [-0.39, 0.29) is 29.4 Å². The molecule has 1 amide bonds. The van der Waals surface area contributed by atoms with Crippen LogP contribution < -0.4 is 10.1 Å². The maximum atomic E-state index is 13.7. The molecule has 4 rings (SSSR count). The van der Waals surface area contributed by atoms with Crippen LogP contribution in [0.1, 0.15) is 28.3 Å². The number of nitrogens with zero attached hydrogens (tertiary/aromatic N) is 1. The van der Waals surface area contributed by atoms with Crippen molar-refractivity contribution in [1.29, 1.82) is 0 Å². The van der Waals surface area contributed by atoms with Crippen LogP contribution in [-0.2, 0) is 4.79 Å². The third-order valence-electron chi connectivity index (χ3n) is 4.68. The second-order valence-corrected chi connectivity index (χ2v) is 6.82. The summed E-state index contributed by atoms with van der Waals surface area (Å²) in [6, 6.07) is 11.0. The average Bonchev–Trinajstić information content (AvgIpc) is 3.11. The van der Waals surface area contributed by atoms with E-state index in [1.165, 1.54) is 25.3 Å². The van der Waals surface area contributed by atoms with Crippen molar-refractivity contribution < 1.29 is 18.7 Å². The predicted octanol–water partition coefficient (Wildman–Crippen LogP) is 4.19. The number of benzene rings is 2. The van der Waals surface area contributed by atoms with Gasteiger partial charge in [0.15, 0.2) is 23.2 Å². The number of H-pyrrole nitrogens is 1. The van der Waals surface area contributed by atoms with E-state index < -0.39 is 11.7 Å². The van der Waals surface area contributed by atoms with Gasteiger partial charge < -0.3 is 10.1 Å². The second kappa shape index (κ2) is 7.09. The number of aromatic amines is 1. The van der Waals surface area contributed by atoms with Gasteiger partial charge in [-0.1, -0.05) is 23.7 Å². The molecule has 1 aliphatic rings. The smallest absolute Gasteiger partial charge is 0.226 e. The standard InChI is InChI=1S/C20H15ClFN3O3/c1-28-15-8-11(4-7-14(15)22)19(27)13-9-16(26)23-20-17(13)18(24-25-20)10-2-5-12(21)6-3-10/h2-8,13H,9H2,1H3,(H2,23,24,25,26)/t13-/m1/s1. The zero-order valence-corrected chi connectivity index (χ0v) is 15.5. The molecule has 0 aliphatic carbocycles. The summed E-state index contributed by atoms with van der Waals surface area (Å²) < 4.78 is 18.7. The van der Waals surface area contributed by atoms with Crippen molar-refractivity contribution in [3.05, 3.63) is 64.4 Å². The van der Waals surface area contributed by atoms with Gasteiger partial charge in [0.2, 0.25) is 5.91 Å². The third-order valence-corrected chi connectivity index (χ3v) is 4.94. The number of ketones is 1. The maximum Gasteiger partial charge on any atom is 0.226 e. The number of carbonyl (C=O) groups is 2. The molecule has 0 saturated heterocycles. The first kappa shape index (κ1) is 18.2. The van der Waals surface area contributed by atoms with Gasteiger partial charge in [-0.2, -0.15) is 5.10 Å². The first-order valence-corrected chi connectivity index (χ1v) is 8.87. The fourth-order valence-electron chi connectivity index (χ4n) is 3.33. The van der Waals surface area contributed by atoms with E-state index in [9.17, 15) is 14.0 Å². The SMILES string of the molecule is COc1cc(C(=O)[C@@H]2CC(=O)Nc3n[nH]c(-c4ccc(Cl)cc4)c32)ccc1F. The molecular weight excluding hydrogens is 385 g/mol. The van der Waals surface area contributed by atoms with Crippen molar-refractivity contribution in [2.24, 2.45) is 0 Å². The summed E-state index contributed by atoms with van der Waals surface area (Å²) >= 11 is 5.96. The van der Waals surface area contributed by atoms with Crippen LogP contribution in [0.4, 0.5) is 10.2 Å². The highest BCUT2D eigenvalue weighted by Crippen LogP contribution is 2.40. The van der Waals surface area contributed by atoms with Crippen molar-refractivity contribution in [2.45, 2.75) is 12.3 Å². The highest BCUT2D eigenvalue weighted by Gasteiger charge is 2.36. The lowest BCUT2D eigenvalue weighted by molar-refractivity contribution is -0.116. The Morgan fingerprint density at radius 2 is 2.00 bits per heavy atom. The zero-order valence-electron chi connectivity index (χ0n) is 14.8. The highest BCUT2D eigenvalue weighted by molar-refractivity contribution is 6.30. The fraction of sp³-hybridized carbons (Fsp3) is 0.150. The van der Waals surface area contributed by atoms with Crippen LogP contribution in [0.3, 0.4) is 0 Å². The minimum Gasteiger partial charge on any atom is -0.494 e. The topological polar surface area (TPSA) is 84.1 Å². The van der Waals surface area contributed by atoms with Crippen molar-refractivity contribution in [2.75, 3.05) is 12.4 Å². The van der Waals surface area contributed by atoms with E-state index in [1.54, 1.807) is 24.3 Å². The monoisotopic (exact) mass is 399 g/mol. The molecule has 2 N–H and O–H groups in total. The van der Waals surface area contributed by atoms with Crippen LogP contribution in [0.15, 0.2) is 42.5 Å². The number of methoxy groups -OCH3 is 1. The molecule has 0 fully saturated rings. The van der Waals surface area contributed by atoms with Crippen molar-refractivity contribution >= 4 is 29.1 Å². The fourth-order valence-corrected chi connectivity index (χ4v) is 3.46. The maximum absolute atomic E-state index is 13.7. The van der Waals surface area contributed by atoms with Gasteiger partial charge in [-0.05, 0) is 30.3 Å². The summed E-state index contributed by atoms with van der Waals surface area (Å²) in [4.78, 5) is 25.3. The molecule has 0 bridgehead atoms. The number of fused-ring (bicyclic) bond motifs is 1. The molecule has 142 valence electrons. The Labute approximate surface area is 164 Å². The first-order chi connectivity index (χ1) is 13.5. The van der Waals surface area contributed by atoms with Crippen molar-refractivity contribution in [1.82, 2.24) is 10.2 Å². The van der Waals surface area contributed by atoms with E-state index in [1.807, 2.05) is 0 Å². The normalized spacial score (nSPS) is 15.7. The summed E-state index contributed by atoms with van der Waals surface area (Å²) in [7, 11) is 1.33. The van der Waals surface area contributed by atoms with Crippen molar-refractivity contribution in [3.8, 4) is 17.0 Å². The quantitative estimate of drug-likeness (QED) is 0.644. The number of hydrogen-bond donors (Lipinski definition) is 2. The Bertz CT molecular complexity index is 1080. The lowest BCUT2D eigenvalue weighted by Crippen LogP contribution is -2.27. The summed E-state index contributed by atoms with van der Waals surface area (Å²) in [6.45, 7) is 0. The van der Waals surface area contributed by atoms with Gasteiger partial charge in [-0.25, -0.2) is 4.39 Å². The van der Waals surface area contributed by atoms with Gasteiger partial charge in [-0.3, -0.25) is 14.7 Å². The number of Topliss-reactive ketones (excluding diaryl/α,β-unsaturated/α-hetero) is 1. The number of anilines is 1. The van der Waals surface area contributed by atoms with Gasteiger partial charge in [-0.15, -0.1) is 0 Å². The Morgan fingerprint density at radius 3 is 2.71 bits per heavy atom. The van der Waals surface area contributed by atoms with E-state index >= 15 is 0 Å². The van der Waals surface area contributed by atoms with E-state index in [4.69, 9.17) is 16.3 Å². The van der Waals surface area contributed by atoms with Crippen LogP contribution in [0, 0.1) is 5.82 Å². The molecule has 0 spiro atoms. The minimum absolute atomic E-state index is 0.0311. The number of carbonyl (C=O) groups excluding carboxylic acids is 2. The summed E-state index contributed by atoms with van der Waals surface area (Å²) in [5.41, 5.74) is 2.25. The Balaban J connectivity index is 1.79. The van der Waals surface area contributed by atoms with Gasteiger partial charge in [0.25, 0.3) is 0 Å². The van der Waals surface area contributed by atoms with Gasteiger partial charge in [0, 0.05) is 28.1 Å². The molecule has 1 aromatic heterocycles. The van der Waals surface area contributed by atoms with Crippen molar-refractivity contribution in [3.63, 3.8) is 0 Å². The number of halogens is 2. The Hall–Kier alpha value is -3.19. The molecule has 0 saturated carbocycles. The highest BCUT2D eigenvalue weighted by atomic mass is 35.5. The van der Waals surface area contributed by atoms with Gasteiger partial charge >= 0.3 is 0 Å². The number of nitrogens with one attached hydrogen (secondary N) is 2. The van der Waals surface area contributed by atoms with E-state index in [0.29, 0.717) is 22.1 Å². The molecule has 3 aromatic rings. The molecule has 0 unspecified atom stereocenters. The summed E-state index contributed by atoms with van der Waals surface area (Å²) in [6.07, 6.45) is -0.0361. The molecular formula is C20H15ClFN3O3. The van der Waals surface area contributed by atoms with E-state index in [2.05, 4.69) is 15.5 Å². The molecule has 8 heteroatoms. The first-order valence-electron chi connectivity index (χ1n) is 8.49. The number of aromatic nitrogens is 2. The third kappa shape index (κ3) is 3.14. The number of rotatable bonds is 4. The Morgan fingerprint density at radius 1 is 1.25 bits per heavy atom. The molecule has 2 aromatic carbocycles. The zero-order chi connectivity index (χ0) is 19.8. The van der Waals surface area contributed by atoms with Crippen LogP contribution in [0.25, 0.3) is 11.3 Å². The Kier molecular flexibility index (Phi) is 4.60. The largest absolute Gasteiger partial charge is 0.494 e. The van der Waals surface area contributed by atoms with Gasteiger partial charge in [0.05, 0.1) is 18.7 Å². The average molecular weight is 400 g/mol. The lowest BCUT2D eigenvalue weighted by atomic mass is 9.84. The van der Waals surface area contributed by atoms with E-state index in [0.717, 1.165) is 5.56 Å². The number of amides is 1. The van der Waals surface area contributed by atoms with Gasteiger partial charge in [0.1, 0.15) is 0 Å². The number of ether oxygens (including phenoxy) is 1. The summed E-state index contributed by atoms with van der Waals surface area (Å²) in [5.74, 6) is -1.67. The molecule has 28 heavy (non-hydrogen) atoms. The molecule has 2 heterocycles. The number of hydrogen-bond acceptors (Lipinski definition) is 4. The van der Waals surface area contributed by atoms with Crippen LogP contribution in [0.5, 0.6) is 5.75 Å². The molecule has 0 radical (unpaired) electrons. The second-order valence-electron chi connectivity index (χ2n) is 6.39. The predicted molar refractivity (Wildman–Crippen MR) is 102 cm³/mol. The minimum atomic E-state index is -0.761. The lowest BCUT2D eigenvalue weighted by Gasteiger charge is -2.22. The van der Waals surface area contributed by atoms with Crippen LogP contribution in [0.2, 0.25) is 5.02 Å².